The van der Waals surface area contributed by atoms with Crippen molar-refractivity contribution in [2.24, 2.45) is 0 Å². The molecule has 2 aromatic rings. The van der Waals surface area contributed by atoms with Crippen molar-refractivity contribution in [2.45, 2.75) is 26.4 Å². The number of carbonyl (C=O) groups is 1. The third-order valence-electron chi connectivity index (χ3n) is 2.97. The molecule has 0 bridgehead atoms. The van der Waals surface area contributed by atoms with Crippen LogP contribution in [0.4, 0.5) is 0 Å². The lowest BCUT2D eigenvalue weighted by Gasteiger charge is -2.08. The van der Waals surface area contributed by atoms with Gasteiger partial charge >= 0.3 is 0 Å². The van der Waals surface area contributed by atoms with Gasteiger partial charge in [0, 0.05) is 18.5 Å². The van der Waals surface area contributed by atoms with Crippen molar-refractivity contribution in [3.8, 4) is 0 Å². The van der Waals surface area contributed by atoms with Crippen molar-refractivity contribution < 1.29 is 9.53 Å². The molecule has 0 fully saturated rings. The highest BCUT2D eigenvalue weighted by Crippen LogP contribution is 2.11. The van der Waals surface area contributed by atoms with Crippen molar-refractivity contribution in [1.29, 1.82) is 0 Å². The normalized spacial score (nSPS) is 11.0. The van der Waals surface area contributed by atoms with Crippen LogP contribution < -0.4 is 10.9 Å². The fraction of sp³-hybridized carbons (Fsp3) is 0.400. The number of aromatic nitrogens is 2. The Labute approximate surface area is 122 Å². The molecule has 0 radical (unpaired) electrons. The van der Waals surface area contributed by atoms with E-state index in [1.54, 1.807) is 24.3 Å². The molecule has 2 rings (SSSR count). The Bertz CT molecular complexity index is 679. The highest BCUT2D eigenvalue weighted by Gasteiger charge is 2.13. The first kappa shape index (κ1) is 15.2. The molecule has 1 aromatic heterocycles. The fourth-order valence-electron chi connectivity index (χ4n) is 1.96. The number of rotatable bonds is 6. The van der Waals surface area contributed by atoms with Crippen LogP contribution in [0.1, 0.15) is 30.8 Å². The quantitative estimate of drug-likeness (QED) is 0.789. The minimum absolute atomic E-state index is 0.186. The molecule has 21 heavy (non-hydrogen) atoms. The summed E-state index contributed by atoms with van der Waals surface area (Å²) in [6.07, 6.45) is 0.913. The Balaban J connectivity index is 2.03. The van der Waals surface area contributed by atoms with Crippen molar-refractivity contribution in [2.75, 3.05) is 13.2 Å². The van der Waals surface area contributed by atoms with Gasteiger partial charge in [-0.3, -0.25) is 9.59 Å². The van der Waals surface area contributed by atoms with Gasteiger partial charge in [0.05, 0.1) is 11.5 Å². The van der Waals surface area contributed by atoms with Crippen LogP contribution in [0.25, 0.3) is 10.8 Å². The maximum absolute atomic E-state index is 12.1. The second kappa shape index (κ2) is 6.99. The van der Waals surface area contributed by atoms with Crippen LogP contribution in [0.5, 0.6) is 0 Å². The van der Waals surface area contributed by atoms with Crippen molar-refractivity contribution in [3.63, 3.8) is 0 Å². The molecule has 0 aliphatic carbocycles. The number of nitrogens with zero attached hydrogens (tertiary/aromatic N) is 1. The Morgan fingerprint density at radius 3 is 2.76 bits per heavy atom. The summed E-state index contributed by atoms with van der Waals surface area (Å²) < 4.78 is 5.40. The Morgan fingerprint density at radius 2 is 2.05 bits per heavy atom. The molecule has 1 heterocycles. The third-order valence-corrected chi connectivity index (χ3v) is 2.97. The topological polar surface area (TPSA) is 84.1 Å². The Kier molecular flexibility index (Phi) is 5.05. The smallest absolute Gasteiger partial charge is 0.272 e. The maximum atomic E-state index is 12.1. The Hall–Kier alpha value is -2.21. The summed E-state index contributed by atoms with van der Waals surface area (Å²) in [4.78, 5) is 23.8. The number of hydrogen-bond donors (Lipinski definition) is 2. The molecule has 0 aliphatic heterocycles. The fourth-order valence-corrected chi connectivity index (χ4v) is 1.96. The lowest BCUT2D eigenvalue weighted by Crippen LogP contribution is -2.28. The molecule has 0 spiro atoms. The highest BCUT2D eigenvalue weighted by molar-refractivity contribution is 6.04. The first-order valence-corrected chi connectivity index (χ1v) is 6.97. The number of H-pyrrole nitrogens is 1. The summed E-state index contributed by atoms with van der Waals surface area (Å²) in [6, 6.07) is 6.91. The number of nitrogens with one attached hydrogen (secondary N) is 2. The van der Waals surface area contributed by atoms with E-state index in [4.69, 9.17) is 4.74 Å². The second-order valence-electron chi connectivity index (χ2n) is 4.98. The van der Waals surface area contributed by atoms with Gasteiger partial charge in [-0.1, -0.05) is 18.2 Å². The third kappa shape index (κ3) is 3.88. The zero-order valence-electron chi connectivity index (χ0n) is 12.2. The van der Waals surface area contributed by atoms with E-state index >= 15 is 0 Å². The van der Waals surface area contributed by atoms with Crippen molar-refractivity contribution >= 4 is 16.7 Å². The molecule has 2 N–H and O–H groups in total. The molecule has 0 atom stereocenters. The first-order chi connectivity index (χ1) is 10.1. The summed E-state index contributed by atoms with van der Waals surface area (Å²) in [6.45, 7) is 5.03. The highest BCUT2D eigenvalue weighted by atomic mass is 16.5. The van der Waals surface area contributed by atoms with Gasteiger partial charge in [-0.25, -0.2) is 5.10 Å². The largest absolute Gasteiger partial charge is 0.379 e. The second-order valence-corrected chi connectivity index (χ2v) is 4.98. The molecule has 0 saturated carbocycles. The van der Waals surface area contributed by atoms with E-state index in [9.17, 15) is 9.59 Å². The minimum atomic E-state index is -0.299. The molecular weight excluding hydrogens is 270 g/mol. The van der Waals surface area contributed by atoms with Crippen LogP contribution >= 0.6 is 0 Å². The summed E-state index contributed by atoms with van der Waals surface area (Å²) in [5.74, 6) is -0.299. The van der Waals surface area contributed by atoms with E-state index in [0.29, 0.717) is 23.9 Å². The number of benzene rings is 1. The number of hydrogen-bond acceptors (Lipinski definition) is 4. The number of amides is 1. The summed E-state index contributed by atoms with van der Waals surface area (Å²) >= 11 is 0. The first-order valence-electron chi connectivity index (χ1n) is 6.97. The van der Waals surface area contributed by atoms with E-state index in [1.807, 2.05) is 13.8 Å². The van der Waals surface area contributed by atoms with Gasteiger partial charge in [0.25, 0.3) is 11.5 Å². The predicted molar refractivity (Wildman–Crippen MR) is 80.4 cm³/mol. The summed E-state index contributed by atoms with van der Waals surface area (Å²) in [5, 5.41) is 9.99. The molecule has 112 valence electrons. The lowest BCUT2D eigenvalue weighted by molar-refractivity contribution is 0.0756. The monoisotopic (exact) mass is 289 g/mol. The molecule has 0 aliphatic rings. The van der Waals surface area contributed by atoms with Crippen molar-refractivity contribution in [1.82, 2.24) is 15.5 Å². The average Bonchev–Trinajstić information content (AvgIpc) is 2.47. The van der Waals surface area contributed by atoms with E-state index in [-0.39, 0.29) is 23.3 Å². The molecule has 1 aromatic carbocycles. The molecule has 0 saturated heterocycles. The zero-order chi connectivity index (χ0) is 15.2. The van der Waals surface area contributed by atoms with Crippen LogP contribution in [-0.4, -0.2) is 35.4 Å². The number of carbonyl (C=O) groups excluding carboxylic acids is 1. The van der Waals surface area contributed by atoms with E-state index < -0.39 is 0 Å². The van der Waals surface area contributed by atoms with Gasteiger partial charge in [0.2, 0.25) is 0 Å². The molecular formula is C15H19N3O3. The van der Waals surface area contributed by atoms with Gasteiger partial charge in [-0.15, -0.1) is 0 Å². The predicted octanol–water partition coefficient (Wildman–Crippen LogP) is 1.47. The summed E-state index contributed by atoms with van der Waals surface area (Å²) in [5.41, 5.74) is -0.0672. The molecule has 0 unspecified atom stereocenters. The molecule has 6 heteroatoms. The minimum Gasteiger partial charge on any atom is -0.379 e. The summed E-state index contributed by atoms with van der Waals surface area (Å²) in [7, 11) is 0. The van der Waals surface area contributed by atoms with Crippen LogP contribution in [-0.2, 0) is 4.74 Å². The van der Waals surface area contributed by atoms with Gasteiger partial charge < -0.3 is 10.1 Å². The zero-order valence-corrected chi connectivity index (χ0v) is 12.2. The average molecular weight is 289 g/mol. The van der Waals surface area contributed by atoms with E-state index in [0.717, 1.165) is 6.42 Å². The van der Waals surface area contributed by atoms with Crippen LogP contribution in [0.2, 0.25) is 0 Å². The lowest BCUT2D eigenvalue weighted by atomic mass is 10.1. The number of fused-ring (bicyclic) bond motifs is 1. The number of aromatic amines is 1. The SMILES string of the molecule is CC(C)OCCCNC(=O)c1n[nH]c(=O)c2ccccc12. The van der Waals surface area contributed by atoms with Gasteiger partial charge in [0.15, 0.2) is 5.69 Å². The van der Waals surface area contributed by atoms with E-state index in [2.05, 4.69) is 15.5 Å². The number of ether oxygens (including phenoxy) is 1. The van der Waals surface area contributed by atoms with Gasteiger partial charge in [-0.2, -0.15) is 5.10 Å². The van der Waals surface area contributed by atoms with Crippen LogP contribution in [0.3, 0.4) is 0 Å². The van der Waals surface area contributed by atoms with Crippen LogP contribution in [0, 0.1) is 0 Å². The molecule has 1 amide bonds. The van der Waals surface area contributed by atoms with Crippen LogP contribution in [0.15, 0.2) is 29.1 Å². The van der Waals surface area contributed by atoms with Gasteiger partial charge in [-0.05, 0) is 26.3 Å². The van der Waals surface area contributed by atoms with E-state index in [1.165, 1.54) is 0 Å². The van der Waals surface area contributed by atoms with Crippen molar-refractivity contribution in [3.05, 3.63) is 40.3 Å². The standard InChI is InChI=1S/C15H19N3O3/c1-10(2)21-9-5-8-16-15(20)13-11-6-3-4-7-12(11)14(19)18-17-13/h3-4,6-7,10H,5,8-9H2,1-2H3,(H,16,20)(H,18,19). The molecule has 6 nitrogen and oxygen atoms in total. The Morgan fingerprint density at radius 1 is 1.33 bits per heavy atom. The van der Waals surface area contributed by atoms with Gasteiger partial charge in [0.1, 0.15) is 0 Å². The maximum Gasteiger partial charge on any atom is 0.272 e.